The van der Waals surface area contributed by atoms with Crippen molar-refractivity contribution in [2.45, 2.75) is 0 Å². The summed E-state index contributed by atoms with van der Waals surface area (Å²) < 4.78 is 0. The summed E-state index contributed by atoms with van der Waals surface area (Å²) in [6.45, 7) is 1.19. The van der Waals surface area contributed by atoms with Crippen molar-refractivity contribution in [3.8, 4) is 0 Å². The first-order valence-corrected chi connectivity index (χ1v) is 2.97. The third-order valence-electron chi connectivity index (χ3n) is 1.29. The van der Waals surface area contributed by atoms with Crippen LogP contribution in [0.5, 0.6) is 0 Å². The van der Waals surface area contributed by atoms with Crippen molar-refractivity contribution in [1.29, 1.82) is 0 Å². The van der Waals surface area contributed by atoms with Crippen LogP contribution in [0.1, 0.15) is 0 Å². The minimum Gasteiger partial charge on any atom is -0.480 e. The molecule has 0 unspecified atom stereocenters. The van der Waals surface area contributed by atoms with E-state index in [1.54, 1.807) is 0 Å². The summed E-state index contributed by atoms with van der Waals surface area (Å²) in [6.07, 6.45) is 0. The largest absolute Gasteiger partial charge is 0.480 e. The van der Waals surface area contributed by atoms with Gasteiger partial charge in [-0.3, -0.25) is 9.79 Å². The molecule has 0 fully saturated rings. The van der Waals surface area contributed by atoms with E-state index in [0.29, 0.717) is 19.0 Å². The molecule has 1 aliphatic heterocycles. The summed E-state index contributed by atoms with van der Waals surface area (Å²) in [5.41, 5.74) is 5.34. The molecule has 5 nitrogen and oxygen atoms in total. The zero-order chi connectivity index (χ0) is 7.56. The normalized spacial score (nSPS) is 17.2. The van der Waals surface area contributed by atoms with Gasteiger partial charge in [0.15, 0.2) is 5.96 Å². The maximum atomic E-state index is 10.1. The maximum Gasteiger partial charge on any atom is 0.323 e. The van der Waals surface area contributed by atoms with Gasteiger partial charge in [-0.05, 0) is 0 Å². The number of carboxylic acid groups (broad SMARTS) is 1. The second-order valence-electron chi connectivity index (χ2n) is 2.06. The van der Waals surface area contributed by atoms with Crippen molar-refractivity contribution < 1.29 is 9.90 Å². The van der Waals surface area contributed by atoms with Crippen molar-refractivity contribution in [1.82, 2.24) is 4.90 Å². The van der Waals surface area contributed by atoms with Gasteiger partial charge in [-0.15, -0.1) is 0 Å². The molecule has 1 heterocycles. The molecule has 1 rings (SSSR count). The van der Waals surface area contributed by atoms with Crippen LogP contribution in [0.3, 0.4) is 0 Å². The number of hydrogen-bond donors (Lipinski definition) is 2. The zero-order valence-electron chi connectivity index (χ0n) is 5.45. The quantitative estimate of drug-likeness (QED) is 0.474. The SMILES string of the molecule is N[13C]1=NCCN1[13CH2][13C](=O)O. The lowest BCUT2D eigenvalue weighted by atomic mass is 10.7. The van der Waals surface area contributed by atoms with Crippen molar-refractivity contribution in [3.63, 3.8) is 0 Å². The Morgan fingerprint density at radius 1 is 1.90 bits per heavy atom. The Kier molecular flexibility index (Phi) is 1.75. The minimum atomic E-state index is -0.875. The van der Waals surface area contributed by atoms with Crippen LogP contribution in [0.2, 0.25) is 0 Å². The van der Waals surface area contributed by atoms with E-state index >= 15 is 0 Å². The van der Waals surface area contributed by atoms with Gasteiger partial charge < -0.3 is 15.7 Å². The molecule has 0 bridgehead atoms. The van der Waals surface area contributed by atoms with Crippen LogP contribution in [0.15, 0.2) is 4.99 Å². The molecule has 3 N–H and O–H groups in total. The number of carbonyl (C=O) groups is 1. The highest BCUT2D eigenvalue weighted by Crippen LogP contribution is 1.95. The number of guanidine groups is 1. The number of aliphatic imine (C=N–C) groups is 1. The van der Waals surface area contributed by atoms with Crippen molar-refractivity contribution in [2.24, 2.45) is 10.7 Å². The Labute approximate surface area is 58.1 Å². The fourth-order valence-electron chi connectivity index (χ4n) is 0.823. The van der Waals surface area contributed by atoms with Crippen LogP contribution < -0.4 is 5.73 Å². The predicted molar refractivity (Wildman–Crippen MR) is 35.7 cm³/mol. The monoisotopic (exact) mass is 146 g/mol. The molecule has 0 spiro atoms. The van der Waals surface area contributed by atoms with E-state index in [1.165, 1.54) is 4.90 Å². The standard InChI is InChI=1S/C5H9N3O2/c6-5-7-1-2-8(5)3-4(9)10/h1-3H2,(H2,6,7)(H,9,10)/i3+1,4+1,5+1. The Bertz CT molecular complexity index is 178. The second-order valence-corrected chi connectivity index (χ2v) is 2.06. The third kappa shape index (κ3) is 1.37. The lowest BCUT2D eigenvalue weighted by molar-refractivity contribution is -0.137. The molecule has 0 aromatic heterocycles. The highest BCUT2D eigenvalue weighted by molar-refractivity contribution is 5.83. The molecule has 10 heavy (non-hydrogen) atoms. The molecule has 5 heteroatoms. The molecule has 1 aliphatic rings. The molecule has 0 aromatic rings. The Morgan fingerprint density at radius 2 is 2.60 bits per heavy atom. The number of carboxylic acids is 1. The minimum absolute atomic E-state index is 0.0463. The fraction of sp³-hybridized carbons (Fsp3) is 0.600. The van der Waals surface area contributed by atoms with Gasteiger partial charge in [-0.25, -0.2) is 0 Å². The molecule has 0 amide bonds. The van der Waals surface area contributed by atoms with Crippen LogP contribution in [0.4, 0.5) is 0 Å². The van der Waals surface area contributed by atoms with Crippen LogP contribution in [0, 0.1) is 0 Å². The summed E-state index contributed by atoms with van der Waals surface area (Å²) >= 11 is 0. The summed E-state index contributed by atoms with van der Waals surface area (Å²) in [6, 6.07) is 0. The van der Waals surface area contributed by atoms with Crippen LogP contribution >= 0.6 is 0 Å². The predicted octanol–water partition coefficient (Wildman–Crippen LogP) is -1.30. The molecule has 0 aromatic carbocycles. The summed E-state index contributed by atoms with van der Waals surface area (Å²) in [5, 5.41) is 8.34. The molecular weight excluding hydrogens is 137 g/mol. The Hall–Kier alpha value is -1.26. The van der Waals surface area contributed by atoms with Gasteiger partial charge in [0.1, 0.15) is 6.54 Å². The lowest BCUT2D eigenvalue weighted by Crippen LogP contribution is -2.37. The van der Waals surface area contributed by atoms with Crippen LogP contribution in [-0.2, 0) is 4.79 Å². The molecule has 0 atom stereocenters. The van der Waals surface area contributed by atoms with Crippen molar-refractivity contribution in [3.05, 3.63) is 0 Å². The smallest absolute Gasteiger partial charge is 0.323 e. The van der Waals surface area contributed by atoms with Gasteiger partial charge in [-0.1, -0.05) is 0 Å². The number of nitrogens with two attached hydrogens (primary N) is 1. The van der Waals surface area contributed by atoms with Crippen molar-refractivity contribution >= 4 is 11.9 Å². The van der Waals surface area contributed by atoms with E-state index < -0.39 is 5.97 Å². The topological polar surface area (TPSA) is 78.9 Å². The highest BCUT2D eigenvalue weighted by atomic mass is 16.5. The van der Waals surface area contributed by atoms with Crippen LogP contribution in [-0.4, -0.2) is 41.6 Å². The number of nitrogens with zero attached hydrogens (tertiary/aromatic N) is 2. The highest BCUT2D eigenvalue weighted by Gasteiger charge is 2.15. The summed E-state index contributed by atoms with van der Waals surface area (Å²) in [7, 11) is 0. The molecule has 0 saturated carbocycles. The first kappa shape index (κ1) is 6.85. The third-order valence-corrected chi connectivity index (χ3v) is 1.29. The molecule has 56 valence electrons. The van der Waals surface area contributed by atoms with Gasteiger partial charge in [0.25, 0.3) is 0 Å². The van der Waals surface area contributed by atoms with E-state index in [9.17, 15) is 4.79 Å². The molecule has 0 saturated heterocycles. The number of aliphatic carboxylic acids is 1. The van der Waals surface area contributed by atoms with E-state index in [4.69, 9.17) is 10.8 Å². The fourth-order valence-corrected chi connectivity index (χ4v) is 0.823. The van der Waals surface area contributed by atoms with E-state index in [2.05, 4.69) is 4.99 Å². The zero-order valence-corrected chi connectivity index (χ0v) is 5.45. The lowest BCUT2D eigenvalue weighted by Gasteiger charge is -2.13. The van der Waals surface area contributed by atoms with E-state index in [-0.39, 0.29) is 6.54 Å². The summed E-state index contributed by atoms with van der Waals surface area (Å²) in [4.78, 5) is 15.5. The Morgan fingerprint density at radius 3 is 3.00 bits per heavy atom. The molecule has 0 aliphatic carbocycles. The average molecular weight is 146 g/mol. The first-order valence-electron chi connectivity index (χ1n) is 2.97. The number of hydrogen-bond acceptors (Lipinski definition) is 4. The summed E-state index contributed by atoms with van der Waals surface area (Å²) in [5.74, 6) is -0.539. The first-order chi connectivity index (χ1) is 4.70. The van der Waals surface area contributed by atoms with Gasteiger partial charge in [0.05, 0.1) is 6.54 Å². The van der Waals surface area contributed by atoms with E-state index in [1.807, 2.05) is 0 Å². The van der Waals surface area contributed by atoms with Gasteiger partial charge in [-0.2, -0.15) is 0 Å². The molecular formula is C5H9N3O2. The second kappa shape index (κ2) is 2.55. The Balaban J connectivity index is 2.43. The maximum absolute atomic E-state index is 10.1. The van der Waals surface area contributed by atoms with Gasteiger partial charge in [0, 0.05) is 6.54 Å². The molecule has 0 radical (unpaired) electrons. The van der Waals surface area contributed by atoms with Gasteiger partial charge >= 0.3 is 5.97 Å². The van der Waals surface area contributed by atoms with Crippen LogP contribution in [0.25, 0.3) is 0 Å². The van der Waals surface area contributed by atoms with Crippen molar-refractivity contribution in [2.75, 3.05) is 19.6 Å². The van der Waals surface area contributed by atoms with Gasteiger partial charge in [0.2, 0.25) is 0 Å². The average Bonchev–Trinajstić information content (AvgIpc) is 2.15. The number of rotatable bonds is 2. The van der Waals surface area contributed by atoms with E-state index in [0.717, 1.165) is 0 Å².